The Morgan fingerprint density at radius 2 is 1.84 bits per heavy atom. The van der Waals surface area contributed by atoms with Gasteiger partial charge in [0.25, 0.3) is 0 Å². The molecule has 0 saturated heterocycles. The number of carbonyl (C=O) groups excluding carboxylic acids is 1. The predicted molar refractivity (Wildman–Crippen MR) is 81.5 cm³/mol. The van der Waals surface area contributed by atoms with E-state index in [2.05, 4.69) is 29.6 Å². The molecule has 0 heterocycles. The first-order valence-corrected chi connectivity index (χ1v) is 6.42. The summed E-state index contributed by atoms with van der Waals surface area (Å²) < 4.78 is 0. The van der Waals surface area contributed by atoms with E-state index in [0.717, 1.165) is 23.8 Å². The SMILES string of the molecule is CNC1Cc2cccc3c(C(C)=O)ccc(c23)C1.Cl. The molecule has 0 aliphatic heterocycles. The third-order valence-corrected chi connectivity index (χ3v) is 3.93. The van der Waals surface area contributed by atoms with Crippen LogP contribution in [0.1, 0.15) is 28.4 Å². The molecule has 2 nitrogen and oxygen atoms in total. The highest BCUT2D eigenvalue weighted by molar-refractivity contribution is 6.08. The van der Waals surface area contributed by atoms with E-state index in [4.69, 9.17) is 0 Å². The van der Waals surface area contributed by atoms with Gasteiger partial charge in [-0.2, -0.15) is 0 Å². The van der Waals surface area contributed by atoms with Gasteiger partial charge in [-0.15, -0.1) is 12.4 Å². The Balaban J connectivity index is 0.00000133. The number of hydrogen-bond acceptors (Lipinski definition) is 2. The van der Waals surface area contributed by atoms with Gasteiger partial charge in [0.15, 0.2) is 5.78 Å². The molecule has 0 fully saturated rings. The van der Waals surface area contributed by atoms with E-state index in [1.807, 2.05) is 13.1 Å². The molecule has 3 rings (SSSR count). The Morgan fingerprint density at radius 3 is 2.47 bits per heavy atom. The summed E-state index contributed by atoms with van der Waals surface area (Å²) in [6.45, 7) is 1.64. The number of rotatable bonds is 2. The molecule has 2 aromatic carbocycles. The molecule has 0 spiro atoms. The molecule has 100 valence electrons. The maximum absolute atomic E-state index is 11.7. The highest BCUT2D eigenvalue weighted by atomic mass is 35.5. The smallest absolute Gasteiger partial charge is 0.160 e. The molecule has 0 amide bonds. The first-order valence-electron chi connectivity index (χ1n) is 6.42. The Morgan fingerprint density at radius 1 is 1.16 bits per heavy atom. The number of nitrogens with one attached hydrogen (secondary N) is 1. The lowest BCUT2D eigenvalue weighted by Crippen LogP contribution is -2.32. The lowest BCUT2D eigenvalue weighted by atomic mass is 9.84. The zero-order valence-corrected chi connectivity index (χ0v) is 12.0. The van der Waals surface area contributed by atoms with Gasteiger partial charge >= 0.3 is 0 Å². The molecule has 1 aliphatic carbocycles. The van der Waals surface area contributed by atoms with Crippen LogP contribution < -0.4 is 5.32 Å². The van der Waals surface area contributed by atoms with Crippen LogP contribution in [-0.4, -0.2) is 18.9 Å². The molecular formula is C16H18ClNO. The summed E-state index contributed by atoms with van der Waals surface area (Å²) in [6, 6.07) is 10.9. The van der Waals surface area contributed by atoms with E-state index in [0.29, 0.717) is 6.04 Å². The quantitative estimate of drug-likeness (QED) is 0.853. The van der Waals surface area contributed by atoms with E-state index in [9.17, 15) is 4.79 Å². The van der Waals surface area contributed by atoms with Crippen LogP contribution in [0.25, 0.3) is 10.8 Å². The van der Waals surface area contributed by atoms with Gasteiger partial charge in [-0.05, 0) is 48.7 Å². The average molecular weight is 276 g/mol. The molecule has 19 heavy (non-hydrogen) atoms. The highest BCUT2D eigenvalue weighted by Crippen LogP contribution is 2.32. The van der Waals surface area contributed by atoms with E-state index in [1.165, 1.54) is 16.5 Å². The van der Waals surface area contributed by atoms with Crippen LogP contribution in [0.15, 0.2) is 30.3 Å². The normalized spacial score (nSPS) is 17.1. The van der Waals surface area contributed by atoms with E-state index >= 15 is 0 Å². The summed E-state index contributed by atoms with van der Waals surface area (Å²) >= 11 is 0. The van der Waals surface area contributed by atoms with Crippen molar-refractivity contribution in [3.8, 4) is 0 Å². The molecule has 1 aliphatic rings. The minimum Gasteiger partial charge on any atom is -0.316 e. The van der Waals surface area contributed by atoms with Gasteiger partial charge in [0.1, 0.15) is 0 Å². The minimum absolute atomic E-state index is 0. The van der Waals surface area contributed by atoms with Crippen LogP contribution in [0, 0.1) is 0 Å². The number of ketones is 1. The van der Waals surface area contributed by atoms with E-state index in [-0.39, 0.29) is 18.2 Å². The number of benzene rings is 2. The molecule has 1 atom stereocenters. The fourth-order valence-electron chi connectivity index (χ4n) is 3.02. The number of hydrogen-bond donors (Lipinski definition) is 1. The van der Waals surface area contributed by atoms with Crippen LogP contribution in [0.2, 0.25) is 0 Å². The average Bonchev–Trinajstić information content (AvgIpc) is 2.38. The third-order valence-electron chi connectivity index (χ3n) is 3.93. The molecule has 0 radical (unpaired) electrons. The highest BCUT2D eigenvalue weighted by Gasteiger charge is 2.20. The zero-order chi connectivity index (χ0) is 12.7. The summed E-state index contributed by atoms with van der Waals surface area (Å²) in [4.78, 5) is 11.7. The summed E-state index contributed by atoms with van der Waals surface area (Å²) in [5, 5.41) is 5.78. The van der Waals surface area contributed by atoms with Gasteiger partial charge < -0.3 is 5.32 Å². The summed E-state index contributed by atoms with van der Waals surface area (Å²) in [5.41, 5.74) is 3.56. The number of likely N-dealkylation sites (N-methyl/N-ethyl adjacent to an activating group) is 1. The molecule has 1 unspecified atom stereocenters. The Bertz CT molecular complexity index is 624. The summed E-state index contributed by atoms with van der Waals surface area (Å²) in [7, 11) is 2.01. The van der Waals surface area contributed by atoms with Crippen LogP contribution in [0.4, 0.5) is 0 Å². The molecule has 2 aromatic rings. The van der Waals surface area contributed by atoms with Gasteiger partial charge in [0, 0.05) is 11.6 Å². The van der Waals surface area contributed by atoms with Gasteiger partial charge in [-0.25, -0.2) is 0 Å². The second-order valence-corrected chi connectivity index (χ2v) is 5.06. The van der Waals surface area contributed by atoms with Crippen molar-refractivity contribution in [2.45, 2.75) is 25.8 Å². The van der Waals surface area contributed by atoms with Gasteiger partial charge in [-0.3, -0.25) is 4.79 Å². The monoisotopic (exact) mass is 275 g/mol. The molecule has 1 N–H and O–H groups in total. The minimum atomic E-state index is 0. The van der Waals surface area contributed by atoms with Crippen LogP contribution in [-0.2, 0) is 12.8 Å². The van der Waals surface area contributed by atoms with Gasteiger partial charge in [-0.1, -0.05) is 30.3 Å². The van der Waals surface area contributed by atoms with Crippen molar-refractivity contribution in [1.29, 1.82) is 0 Å². The van der Waals surface area contributed by atoms with Gasteiger partial charge in [0.05, 0.1) is 0 Å². The first-order chi connectivity index (χ1) is 8.70. The molecule has 0 aromatic heterocycles. The van der Waals surface area contributed by atoms with Crippen molar-refractivity contribution in [2.24, 2.45) is 0 Å². The third kappa shape index (κ3) is 2.26. The van der Waals surface area contributed by atoms with Crippen molar-refractivity contribution in [3.63, 3.8) is 0 Å². The van der Waals surface area contributed by atoms with E-state index in [1.54, 1.807) is 6.92 Å². The van der Waals surface area contributed by atoms with Crippen molar-refractivity contribution in [3.05, 3.63) is 47.0 Å². The van der Waals surface area contributed by atoms with Gasteiger partial charge in [0.2, 0.25) is 0 Å². The number of Topliss-reactive ketones (excluding diaryl/α,β-unsaturated/α-hetero) is 1. The molecule has 0 saturated carbocycles. The van der Waals surface area contributed by atoms with E-state index < -0.39 is 0 Å². The topological polar surface area (TPSA) is 29.1 Å². The maximum atomic E-state index is 11.7. The second-order valence-electron chi connectivity index (χ2n) is 5.06. The lowest BCUT2D eigenvalue weighted by molar-refractivity contribution is 0.101. The molecule has 3 heteroatoms. The van der Waals surface area contributed by atoms with Crippen molar-refractivity contribution in [2.75, 3.05) is 7.05 Å². The fraction of sp³-hybridized carbons (Fsp3) is 0.312. The number of carbonyl (C=O) groups is 1. The standard InChI is InChI=1S/C16H17NO.ClH/c1-10(18)14-7-6-12-9-13(17-2)8-11-4-3-5-15(14)16(11)12;/h3-7,13,17H,8-9H2,1-2H3;1H. The Labute approximate surface area is 119 Å². The molecular weight excluding hydrogens is 258 g/mol. The van der Waals surface area contributed by atoms with Crippen LogP contribution in [0.3, 0.4) is 0 Å². The second kappa shape index (κ2) is 5.32. The van der Waals surface area contributed by atoms with Crippen molar-refractivity contribution >= 4 is 29.0 Å². The summed E-state index contributed by atoms with van der Waals surface area (Å²) in [5.74, 6) is 0.148. The van der Waals surface area contributed by atoms with Crippen LogP contribution >= 0.6 is 12.4 Å². The van der Waals surface area contributed by atoms with Crippen LogP contribution in [0.5, 0.6) is 0 Å². The van der Waals surface area contributed by atoms with Crippen molar-refractivity contribution in [1.82, 2.24) is 5.32 Å². The Hall–Kier alpha value is -1.38. The zero-order valence-electron chi connectivity index (χ0n) is 11.2. The fourth-order valence-corrected chi connectivity index (χ4v) is 3.02. The Kier molecular flexibility index (Phi) is 3.93. The predicted octanol–water partition coefficient (Wildman–Crippen LogP) is 3.15. The molecule has 0 bridgehead atoms. The lowest BCUT2D eigenvalue weighted by Gasteiger charge is -2.25. The van der Waals surface area contributed by atoms with Crippen molar-refractivity contribution < 1.29 is 4.79 Å². The largest absolute Gasteiger partial charge is 0.316 e. The summed E-state index contributed by atoms with van der Waals surface area (Å²) in [6.07, 6.45) is 2.09. The number of halogens is 1. The maximum Gasteiger partial charge on any atom is 0.160 e. The first kappa shape index (κ1) is 14.0.